The lowest BCUT2D eigenvalue weighted by atomic mass is 10.1. The standard InChI is InChI=1S/C16H19BrN4O/c17-13-9-14(19-11-13)16(22)20-10-12-5-4-6-18-15(12)21-7-2-1-3-8-21/h4-6,9,11,19H,1-3,7-8,10H2,(H,20,22). The van der Waals surface area contributed by atoms with Crippen LogP contribution in [0.25, 0.3) is 0 Å². The van der Waals surface area contributed by atoms with E-state index in [1.54, 1.807) is 12.3 Å². The number of pyridine rings is 1. The molecule has 116 valence electrons. The number of aromatic amines is 1. The average Bonchev–Trinajstić information content (AvgIpc) is 3.00. The van der Waals surface area contributed by atoms with Crippen molar-refractivity contribution in [2.45, 2.75) is 25.8 Å². The third kappa shape index (κ3) is 3.50. The number of rotatable bonds is 4. The van der Waals surface area contributed by atoms with E-state index in [4.69, 9.17) is 0 Å². The highest BCUT2D eigenvalue weighted by atomic mass is 79.9. The number of hydrogen-bond acceptors (Lipinski definition) is 3. The quantitative estimate of drug-likeness (QED) is 0.878. The van der Waals surface area contributed by atoms with Gasteiger partial charge >= 0.3 is 0 Å². The Kier molecular flexibility index (Phi) is 4.77. The highest BCUT2D eigenvalue weighted by molar-refractivity contribution is 9.10. The molecule has 1 saturated heterocycles. The fourth-order valence-corrected chi connectivity index (χ4v) is 3.07. The van der Waals surface area contributed by atoms with E-state index in [9.17, 15) is 4.79 Å². The highest BCUT2D eigenvalue weighted by Crippen LogP contribution is 2.21. The minimum Gasteiger partial charge on any atom is -0.356 e. The van der Waals surface area contributed by atoms with Gasteiger partial charge in [0.05, 0.1) is 0 Å². The number of carbonyl (C=O) groups is 1. The number of nitrogens with zero attached hydrogens (tertiary/aromatic N) is 2. The Balaban J connectivity index is 1.68. The molecule has 1 aliphatic heterocycles. The van der Waals surface area contributed by atoms with E-state index in [0.29, 0.717) is 12.2 Å². The fraction of sp³-hybridized carbons (Fsp3) is 0.375. The van der Waals surface area contributed by atoms with Crippen LogP contribution in [-0.2, 0) is 6.54 Å². The van der Waals surface area contributed by atoms with E-state index in [1.807, 2.05) is 18.3 Å². The van der Waals surface area contributed by atoms with Crippen LogP contribution >= 0.6 is 15.9 Å². The molecule has 0 bridgehead atoms. The maximum atomic E-state index is 12.1. The number of piperidine rings is 1. The van der Waals surface area contributed by atoms with Gasteiger partial charge in [-0.3, -0.25) is 4.79 Å². The molecule has 2 N–H and O–H groups in total. The van der Waals surface area contributed by atoms with E-state index >= 15 is 0 Å². The first-order valence-electron chi connectivity index (χ1n) is 7.55. The van der Waals surface area contributed by atoms with Gasteiger partial charge in [0.1, 0.15) is 11.5 Å². The molecule has 1 amide bonds. The zero-order valence-corrected chi connectivity index (χ0v) is 13.9. The number of anilines is 1. The van der Waals surface area contributed by atoms with Gasteiger partial charge in [0.15, 0.2) is 0 Å². The van der Waals surface area contributed by atoms with E-state index < -0.39 is 0 Å². The van der Waals surface area contributed by atoms with Gasteiger partial charge < -0.3 is 15.2 Å². The normalized spacial score (nSPS) is 14.9. The van der Waals surface area contributed by atoms with E-state index in [-0.39, 0.29) is 5.91 Å². The van der Waals surface area contributed by atoms with Crippen molar-refractivity contribution in [3.63, 3.8) is 0 Å². The second kappa shape index (κ2) is 6.96. The smallest absolute Gasteiger partial charge is 0.268 e. The molecule has 2 aromatic heterocycles. The SMILES string of the molecule is O=C(NCc1cccnc1N1CCCCC1)c1cc(Br)c[nH]1. The summed E-state index contributed by atoms with van der Waals surface area (Å²) in [4.78, 5) is 21.9. The predicted octanol–water partition coefficient (Wildman–Crippen LogP) is 3.09. The lowest BCUT2D eigenvalue weighted by Gasteiger charge is -2.29. The molecular weight excluding hydrogens is 344 g/mol. The van der Waals surface area contributed by atoms with Gasteiger partial charge in [-0.1, -0.05) is 6.07 Å². The molecule has 22 heavy (non-hydrogen) atoms. The molecule has 0 aliphatic carbocycles. The van der Waals surface area contributed by atoms with Crippen LogP contribution in [0, 0.1) is 0 Å². The Morgan fingerprint density at radius 1 is 1.36 bits per heavy atom. The van der Waals surface area contributed by atoms with Crippen LogP contribution in [-0.4, -0.2) is 29.0 Å². The van der Waals surface area contributed by atoms with Gasteiger partial charge in [0, 0.05) is 42.1 Å². The zero-order valence-electron chi connectivity index (χ0n) is 12.3. The number of halogens is 1. The molecule has 5 nitrogen and oxygen atoms in total. The van der Waals surface area contributed by atoms with Crippen molar-refractivity contribution in [1.82, 2.24) is 15.3 Å². The first kappa shape index (κ1) is 15.1. The lowest BCUT2D eigenvalue weighted by molar-refractivity contribution is 0.0946. The van der Waals surface area contributed by atoms with Gasteiger partial charge in [0.25, 0.3) is 5.91 Å². The second-order valence-corrected chi connectivity index (χ2v) is 6.36. The van der Waals surface area contributed by atoms with Gasteiger partial charge in [-0.2, -0.15) is 0 Å². The summed E-state index contributed by atoms with van der Waals surface area (Å²) in [7, 11) is 0. The zero-order chi connectivity index (χ0) is 15.4. The first-order chi connectivity index (χ1) is 10.7. The second-order valence-electron chi connectivity index (χ2n) is 5.45. The third-order valence-electron chi connectivity index (χ3n) is 3.85. The van der Waals surface area contributed by atoms with E-state index in [1.165, 1.54) is 19.3 Å². The maximum Gasteiger partial charge on any atom is 0.268 e. The summed E-state index contributed by atoms with van der Waals surface area (Å²) in [6.45, 7) is 2.57. The van der Waals surface area contributed by atoms with Crippen LogP contribution in [0.4, 0.5) is 5.82 Å². The first-order valence-corrected chi connectivity index (χ1v) is 8.34. The van der Waals surface area contributed by atoms with Crippen LogP contribution in [0.15, 0.2) is 35.1 Å². The summed E-state index contributed by atoms with van der Waals surface area (Å²) in [6, 6.07) is 5.71. The molecule has 0 atom stereocenters. The van der Waals surface area contributed by atoms with Crippen LogP contribution in [0.3, 0.4) is 0 Å². The number of H-pyrrole nitrogens is 1. The van der Waals surface area contributed by atoms with Crippen LogP contribution in [0.2, 0.25) is 0 Å². The Morgan fingerprint density at radius 2 is 2.18 bits per heavy atom. The molecule has 0 unspecified atom stereocenters. The molecule has 3 heterocycles. The van der Waals surface area contributed by atoms with Gasteiger partial charge in [-0.25, -0.2) is 4.98 Å². The lowest BCUT2D eigenvalue weighted by Crippen LogP contribution is -2.32. The summed E-state index contributed by atoms with van der Waals surface area (Å²) in [5.41, 5.74) is 1.61. The van der Waals surface area contributed by atoms with Crippen molar-refractivity contribution in [3.05, 3.63) is 46.3 Å². The van der Waals surface area contributed by atoms with Crippen molar-refractivity contribution >= 4 is 27.7 Å². The monoisotopic (exact) mass is 362 g/mol. The van der Waals surface area contributed by atoms with Crippen molar-refractivity contribution in [2.24, 2.45) is 0 Å². The summed E-state index contributed by atoms with van der Waals surface area (Å²) in [5.74, 6) is 0.884. The number of aromatic nitrogens is 2. The summed E-state index contributed by atoms with van der Waals surface area (Å²) >= 11 is 3.33. The van der Waals surface area contributed by atoms with Crippen molar-refractivity contribution in [3.8, 4) is 0 Å². The molecule has 1 fully saturated rings. The maximum absolute atomic E-state index is 12.1. The molecular formula is C16H19BrN4O. The number of carbonyl (C=O) groups excluding carboxylic acids is 1. The molecule has 6 heteroatoms. The van der Waals surface area contributed by atoms with Gasteiger partial charge in [-0.15, -0.1) is 0 Å². The third-order valence-corrected chi connectivity index (χ3v) is 4.31. The number of nitrogens with one attached hydrogen (secondary N) is 2. The van der Waals surface area contributed by atoms with E-state index in [0.717, 1.165) is 28.9 Å². The molecule has 2 aromatic rings. The topological polar surface area (TPSA) is 61.0 Å². The molecule has 1 aliphatic rings. The van der Waals surface area contributed by atoms with Crippen molar-refractivity contribution < 1.29 is 4.79 Å². The predicted molar refractivity (Wildman–Crippen MR) is 90.0 cm³/mol. The summed E-state index contributed by atoms with van der Waals surface area (Å²) in [5, 5.41) is 2.95. The van der Waals surface area contributed by atoms with Gasteiger partial charge in [-0.05, 0) is 47.3 Å². The summed E-state index contributed by atoms with van der Waals surface area (Å²) in [6.07, 6.45) is 7.27. The summed E-state index contributed by atoms with van der Waals surface area (Å²) < 4.78 is 0.869. The highest BCUT2D eigenvalue weighted by Gasteiger charge is 2.16. The van der Waals surface area contributed by atoms with E-state index in [2.05, 4.69) is 36.1 Å². The Labute approximate surface area is 138 Å². The Morgan fingerprint density at radius 3 is 2.91 bits per heavy atom. The molecule has 0 spiro atoms. The fourth-order valence-electron chi connectivity index (χ4n) is 2.73. The minimum absolute atomic E-state index is 0.112. The van der Waals surface area contributed by atoms with Crippen LogP contribution in [0.5, 0.6) is 0 Å². The minimum atomic E-state index is -0.112. The molecule has 0 radical (unpaired) electrons. The molecule has 0 saturated carbocycles. The van der Waals surface area contributed by atoms with Crippen molar-refractivity contribution in [1.29, 1.82) is 0 Å². The van der Waals surface area contributed by atoms with Crippen LogP contribution in [0.1, 0.15) is 35.3 Å². The Bertz CT molecular complexity index is 649. The molecule has 3 rings (SSSR count). The average molecular weight is 363 g/mol. The largest absolute Gasteiger partial charge is 0.356 e. The number of hydrogen-bond donors (Lipinski definition) is 2. The number of amides is 1. The van der Waals surface area contributed by atoms with Crippen molar-refractivity contribution in [2.75, 3.05) is 18.0 Å². The molecule has 0 aromatic carbocycles. The van der Waals surface area contributed by atoms with Crippen LogP contribution < -0.4 is 10.2 Å². The Hall–Kier alpha value is -1.82. The van der Waals surface area contributed by atoms with Gasteiger partial charge in [0.2, 0.25) is 0 Å².